The lowest BCUT2D eigenvalue weighted by molar-refractivity contribution is 0.0952. The maximum absolute atomic E-state index is 12.6. The summed E-state index contributed by atoms with van der Waals surface area (Å²) in [4.78, 5) is 19.8. The first-order valence-electron chi connectivity index (χ1n) is 7.66. The van der Waals surface area contributed by atoms with Crippen LogP contribution in [-0.4, -0.2) is 37.2 Å². The van der Waals surface area contributed by atoms with E-state index in [2.05, 4.69) is 15.3 Å². The first-order chi connectivity index (χ1) is 12.2. The second-order valence-corrected chi connectivity index (χ2v) is 5.31. The Labute approximate surface area is 144 Å². The maximum Gasteiger partial charge on any atom is 0.253 e. The van der Waals surface area contributed by atoms with Gasteiger partial charge < -0.3 is 24.5 Å². The van der Waals surface area contributed by atoms with E-state index in [-0.39, 0.29) is 5.91 Å². The fourth-order valence-electron chi connectivity index (χ4n) is 2.72. The Hall–Kier alpha value is -3.22. The van der Waals surface area contributed by atoms with Crippen LogP contribution in [0.4, 0.5) is 0 Å². The third-order valence-corrected chi connectivity index (χ3v) is 3.89. The van der Waals surface area contributed by atoms with Crippen molar-refractivity contribution in [1.29, 1.82) is 0 Å². The van der Waals surface area contributed by atoms with Crippen LogP contribution in [-0.2, 0) is 6.54 Å². The van der Waals surface area contributed by atoms with Gasteiger partial charge in [-0.1, -0.05) is 6.07 Å². The fourth-order valence-corrected chi connectivity index (χ4v) is 2.72. The second kappa shape index (κ2) is 7.12. The number of benzene rings is 1. The highest BCUT2D eigenvalue weighted by atomic mass is 16.5. The van der Waals surface area contributed by atoms with E-state index in [0.717, 1.165) is 11.1 Å². The number of nitrogens with one attached hydrogen (secondary N) is 2. The van der Waals surface area contributed by atoms with E-state index in [1.54, 1.807) is 31.8 Å². The average molecular weight is 341 g/mol. The third-order valence-electron chi connectivity index (χ3n) is 3.89. The van der Waals surface area contributed by atoms with Gasteiger partial charge in [-0.3, -0.25) is 9.78 Å². The number of methoxy groups -OCH3 is 3. The van der Waals surface area contributed by atoms with Crippen LogP contribution in [0.3, 0.4) is 0 Å². The monoisotopic (exact) mass is 341 g/mol. The zero-order valence-corrected chi connectivity index (χ0v) is 14.3. The average Bonchev–Trinajstić information content (AvgIpc) is 3.08. The van der Waals surface area contributed by atoms with Gasteiger partial charge in [-0.05, 0) is 11.6 Å². The van der Waals surface area contributed by atoms with Gasteiger partial charge in [0.2, 0.25) is 5.75 Å². The quantitative estimate of drug-likeness (QED) is 0.719. The van der Waals surface area contributed by atoms with E-state index in [9.17, 15) is 4.79 Å². The third kappa shape index (κ3) is 3.08. The summed E-state index contributed by atoms with van der Waals surface area (Å²) in [6.45, 7) is 0.384. The van der Waals surface area contributed by atoms with Crippen molar-refractivity contribution in [2.24, 2.45) is 0 Å². The fraction of sp³-hybridized carbons (Fsp3) is 0.222. The van der Waals surface area contributed by atoms with Gasteiger partial charge in [0.05, 0.1) is 37.8 Å². The molecule has 1 aromatic carbocycles. The Bertz CT molecular complexity index is 890. The van der Waals surface area contributed by atoms with Crippen LogP contribution < -0.4 is 19.5 Å². The Morgan fingerprint density at radius 2 is 2.00 bits per heavy atom. The molecule has 2 heterocycles. The van der Waals surface area contributed by atoms with Gasteiger partial charge in [0.25, 0.3) is 5.91 Å². The van der Waals surface area contributed by atoms with Gasteiger partial charge in [-0.15, -0.1) is 0 Å². The summed E-state index contributed by atoms with van der Waals surface area (Å²) < 4.78 is 16.2. The van der Waals surface area contributed by atoms with Crippen molar-refractivity contribution in [2.75, 3.05) is 21.3 Å². The predicted octanol–water partition coefficient (Wildman–Crippen LogP) is 2.52. The minimum Gasteiger partial charge on any atom is -0.493 e. The molecule has 0 radical (unpaired) electrons. The van der Waals surface area contributed by atoms with Crippen molar-refractivity contribution in [3.05, 3.63) is 47.9 Å². The number of hydrogen-bond acceptors (Lipinski definition) is 5. The first-order valence-corrected chi connectivity index (χ1v) is 7.66. The van der Waals surface area contributed by atoms with Crippen LogP contribution in [0, 0.1) is 0 Å². The molecule has 0 fully saturated rings. The molecule has 2 aromatic heterocycles. The number of pyridine rings is 1. The van der Waals surface area contributed by atoms with E-state index in [1.165, 1.54) is 14.2 Å². The molecule has 3 aromatic rings. The van der Waals surface area contributed by atoms with Gasteiger partial charge in [-0.2, -0.15) is 0 Å². The Balaban J connectivity index is 1.97. The molecule has 0 atom stereocenters. The predicted molar refractivity (Wildman–Crippen MR) is 93.4 cm³/mol. The first kappa shape index (κ1) is 16.6. The molecule has 2 N–H and O–H groups in total. The molecule has 7 heteroatoms. The zero-order chi connectivity index (χ0) is 17.8. The van der Waals surface area contributed by atoms with Crippen LogP contribution in [0.25, 0.3) is 10.9 Å². The summed E-state index contributed by atoms with van der Waals surface area (Å²) >= 11 is 0. The Morgan fingerprint density at radius 1 is 1.20 bits per heavy atom. The topological polar surface area (TPSA) is 85.5 Å². The van der Waals surface area contributed by atoms with E-state index >= 15 is 0 Å². The lowest BCUT2D eigenvalue weighted by Crippen LogP contribution is -2.22. The summed E-state index contributed by atoms with van der Waals surface area (Å²) in [5.41, 5.74) is 2.11. The number of H-pyrrole nitrogens is 1. The molecule has 3 rings (SSSR count). The van der Waals surface area contributed by atoms with Crippen LogP contribution in [0.2, 0.25) is 0 Å². The molecule has 0 aliphatic carbocycles. The Kier molecular flexibility index (Phi) is 4.74. The summed E-state index contributed by atoms with van der Waals surface area (Å²) in [5.74, 6) is 1.19. The van der Waals surface area contributed by atoms with Gasteiger partial charge in [0, 0.05) is 31.2 Å². The molecule has 1 amide bonds. The van der Waals surface area contributed by atoms with Crippen molar-refractivity contribution in [1.82, 2.24) is 15.3 Å². The van der Waals surface area contributed by atoms with Crippen molar-refractivity contribution >= 4 is 16.8 Å². The lowest BCUT2D eigenvalue weighted by atomic mass is 10.1. The van der Waals surface area contributed by atoms with E-state index in [1.807, 2.05) is 12.1 Å². The standard InChI is InChI=1S/C18H19N3O4/c1-23-14-7-13-15(17(25-3)16(14)24-2)12(10-20-13)18(22)21-9-11-5-4-6-19-8-11/h4-8,10,20H,9H2,1-3H3,(H,21,22). The summed E-state index contributed by atoms with van der Waals surface area (Å²) in [6.07, 6.45) is 5.05. The number of hydrogen-bond donors (Lipinski definition) is 2. The highest BCUT2D eigenvalue weighted by Crippen LogP contribution is 2.44. The largest absolute Gasteiger partial charge is 0.493 e. The van der Waals surface area contributed by atoms with Gasteiger partial charge in [0.15, 0.2) is 11.5 Å². The molecule has 0 unspecified atom stereocenters. The van der Waals surface area contributed by atoms with Crippen molar-refractivity contribution < 1.29 is 19.0 Å². The Morgan fingerprint density at radius 3 is 2.64 bits per heavy atom. The summed E-state index contributed by atoms with van der Waals surface area (Å²) in [5, 5.41) is 3.53. The molecular weight excluding hydrogens is 322 g/mol. The van der Waals surface area contributed by atoms with Gasteiger partial charge >= 0.3 is 0 Å². The smallest absolute Gasteiger partial charge is 0.253 e. The minimum absolute atomic E-state index is 0.222. The minimum atomic E-state index is -0.222. The van der Waals surface area contributed by atoms with Crippen LogP contribution >= 0.6 is 0 Å². The maximum atomic E-state index is 12.6. The highest BCUT2D eigenvalue weighted by molar-refractivity contribution is 6.10. The molecular formula is C18H19N3O4. The molecule has 7 nitrogen and oxygen atoms in total. The normalized spacial score (nSPS) is 10.5. The molecule has 130 valence electrons. The zero-order valence-electron chi connectivity index (χ0n) is 14.3. The van der Waals surface area contributed by atoms with E-state index in [0.29, 0.717) is 34.7 Å². The van der Waals surface area contributed by atoms with Crippen LogP contribution in [0.5, 0.6) is 17.2 Å². The number of fused-ring (bicyclic) bond motifs is 1. The van der Waals surface area contributed by atoms with E-state index in [4.69, 9.17) is 14.2 Å². The number of nitrogens with zero attached hydrogens (tertiary/aromatic N) is 1. The van der Waals surface area contributed by atoms with E-state index < -0.39 is 0 Å². The molecule has 0 saturated heterocycles. The SMILES string of the molecule is COc1cc2[nH]cc(C(=O)NCc3cccnc3)c2c(OC)c1OC. The molecule has 0 saturated carbocycles. The van der Waals surface area contributed by atoms with Crippen molar-refractivity contribution in [3.63, 3.8) is 0 Å². The second-order valence-electron chi connectivity index (χ2n) is 5.31. The lowest BCUT2D eigenvalue weighted by Gasteiger charge is -2.14. The van der Waals surface area contributed by atoms with Crippen LogP contribution in [0.15, 0.2) is 36.8 Å². The number of carbonyl (C=O) groups excluding carboxylic acids is 1. The number of amides is 1. The van der Waals surface area contributed by atoms with Crippen molar-refractivity contribution in [3.8, 4) is 17.2 Å². The molecule has 0 aliphatic heterocycles. The summed E-state index contributed by atoms with van der Waals surface area (Å²) in [7, 11) is 4.61. The number of rotatable bonds is 6. The van der Waals surface area contributed by atoms with Crippen LogP contribution in [0.1, 0.15) is 15.9 Å². The van der Waals surface area contributed by atoms with Crippen molar-refractivity contribution in [2.45, 2.75) is 6.54 Å². The molecule has 0 bridgehead atoms. The number of ether oxygens (including phenoxy) is 3. The van der Waals surface area contributed by atoms with Gasteiger partial charge in [-0.25, -0.2) is 0 Å². The highest BCUT2D eigenvalue weighted by Gasteiger charge is 2.22. The molecule has 0 spiro atoms. The number of carbonyl (C=O) groups is 1. The number of aromatic nitrogens is 2. The summed E-state index contributed by atoms with van der Waals surface area (Å²) in [6, 6.07) is 5.50. The molecule has 0 aliphatic rings. The van der Waals surface area contributed by atoms with Gasteiger partial charge in [0.1, 0.15) is 0 Å². The molecule has 25 heavy (non-hydrogen) atoms. The number of aromatic amines is 1.